The Bertz CT molecular complexity index is 275. The van der Waals surface area contributed by atoms with E-state index in [9.17, 15) is 4.79 Å². The highest BCUT2D eigenvalue weighted by molar-refractivity contribution is 6.63. The van der Waals surface area contributed by atoms with Gasteiger partial charge in [-0.2, -0.15) is 0 Å². The zero-order valence-corrected chi connectivity index (χ0v) is 6.38. The van der Waals surface area contributed by atoms with E-state index < -0.39 is 5.24 Å². The van der Waals surface area contributed by atoms with Gasteiger partial charge in [-0.05, 0) is 23.7 Å². The number of carbonyl (C=O) groups is 1. The molecule has 0 saturated heterocycles. The maximum Gasteiger partial charge on any atom is 0.227 e. The van der Waals surface area contributed by atoms with E-state index in [-0.39, 0.29) is 12.2 Å². The third kappa shape index (κ3) is 2.20. The summed E-state index contributed by atoms with van der Waals surface area (Å²) in [6.45, 7) is 0. The highest BCUT2D eigenvalue weighted by Crippen LogP contribution is 2.13. The van der Waals surface area contributed by atoms with Gasteiger partial charge in [0, 0.05) is 6.20 Å². The van der Waals surface area contributed by atoms with Gasteiger partial charge in [0.2, 0.25) is 5.24 Å². The van der Waals surface area contributed by atoms with Gasteiger partial charge in [0.05, 0.1) is 12.1 Å². The molecule has 11 heavy (non-hydrogen) atoms. The fraction of sp³-hybridized carbons (Fsp3) is 0.143. The predicted molar refractivity (Wildman–Crippen MR) is 40.5 cm³/mol. The molecular formula is C7H6ClNO2. The number of aromatic nitrogens is 1. The number of nitrogens with zero attached hydrogens (tertiary/aromatic N) is 1. The molecule has 0 fully saturated rings. The third-order valence-corrected chi connectivity index (χ3v) is 1.31. The molecular weight excluding hydrogens is 166 g/mol. The van der Waals surface area contributed by atoms with E-state index in [1.807, 2.05) is 0 Å². The highest BCUT2D eigenvalue weighted by atomic mass is 35.5. The second-order valence-corrected chi connectivity index (χ2v) is 2.42. The molecule has 58 valence electrons. The molecule has 1 aromatic rings. The number of rotatable bonds is 2. The maximum atomic E-state index is 10.4. The minimum absolute atomic E-state index is 0.00139. The summed E-state index contributed by atoms with van der Waals surface area (Å²) in [6.07, 6.45) is 1.46. The first-order valence-electron chi connectivity index (χ1n) is 3.01. The van der Waals surface area contributed by atoms with Crippen LogP contribution in [0.2, 0.25) is 0 Å². The van der Waals surface area contributed by atoms with Gasteiger partial charge in [0.25, 0.3) is 0 Å². The predicted octanol–water partition coefficient (Wildman–Crippen LogP) is 1.10. The van der Waals surface area contributed by atoms with Crippen molar-refractivity contribution in [2.75, 3.05) is 0 Å². The molecule has 0 spiro atoms. The lowest BCUT2D eigenvalue weighted by atomic mass is 10.3. The second-order valence-electron chi connectivity index (χ2n) is 2.00. The highest BCUT2D eigenvalue weighted by Gasteiger charge is 2.04. The van der Waals surface area contributed by atoms with Crippen LogP contribution in [0.3, 0.4) is 0 Å². The van der Waals surface area contributed by atoms with Crippen molar-refractivity contribution in [2.45, 2.75) is 6.42 Å². The number of pyridine rings is 1. The van der Waals surface area contributed by atoms with Crippen molar-refractivity contribution >= 4 is 16.8 Å². The normalized spacial score (nSPS) is 9.55. The molecule has 1 rings (SSSR count). The summed E-state index contributed by atoms with van der Waals surface area (Å²) in [7, 11) is 0. The summed E-state index contributed by atoms with van der Waals surface area (Å²) in [5.74, 6) is 0.00139. The molecule has 0 saturated carbocycles. The van der Waals surface area contributed by atoms with E-state index >= 15 is 0 Å². The number of hydrogen-bond acceptors (Lipinski definition) is 3. The van der Waals surface area contributed by atoms with Gasteiger partial charge in [-0.1, -0.05) is 0 Å². The fourth-order valence-corrected chi connectivity index (χ4v) is 0.824. The Labute approximate surface area is 68.6 Å². The smallest absolute Gasteiger partial charge is 0.227 e. The molecule has 0 aromatic carbocycles. The van der Waals surface area contributed by atoms with Gasteiger partial charge in [0.1, 0.15) is 5.75 Å². The van der Waals surface area contributed by atoms with Gasteiger partial charge in [-0.25, -0.2) is 0 Å². The lowest BCUT2D eigenvalue weighted by molar-refractivity contribution is -0.111. The SMILES string of the molecule is O=C(Cl)Cc1ncccc1O. The quantitative estimate of drug-likeness (QED) is 0.678. The lowest BCUT2D eigenvalue weighted by Crippen LogP contribution is -1.96. The van der Waals surface area contributed by atoms with Crippen LogP contribution in [-0.2, 0) is 11.2 Å². The average molecular weight is 172 g/mol. The van der Waals surface area contributed by atoms with Crippen LogP contribution in [0, 0.1) is 0 Å². The van der Waals surface area contributed by atoms with Gasteiger partial charge >= 0.3 is 0 Å². The van der Waals surface area contributed by atoms with Crippen molar-refractivity contribution in [3.63, 3.8) is 0 Å². The van der Waals surface area contributed by atoms with Crippen LogP contribution in [0.15, 0.2) is 18.3 Å². The van der Waals surface area contributed by atoms with Gasteiger partial charge < -0.3 is 5.11 Å². The van der Waals surface area contributed by atoms with Gasteiger partial charge in [-0.15, -0.1) is 0 Å². The van der Waals surface area contributed by atoms with Gasteiger partial charge in [0.15, 0.2) is 0 Å². The number of halogens is 1. The molecule has 0 atom stereocenters. The van der Waals surface area contributed by atoms with Crippen LogP contribution in [0.4, 0.5) is 0 Å². The second kappa shape index (κ2) is 3.34. The van der Waals surface area contributed by atoms with Crippen LogP contribution in [0.25, 0.3) is 0 Å². The molecule has 1 aromatic heterocycles. The zero-order valence-electron chi connectivity index (χ0n) is 5.62. The number of hydrogen-bond donors (Lipinski definition) is 1. The molecule has 0 amide bonds. The van der Waals surface area contributed by atoms with E-state index in [1.54, 1.807) is 6.07 Å². The molecule has 3 nitrogen and oxygen atoms in total. The standard InChI is InChI=1S/C7H6ClNO2/c8-7(11)4-5-6(10)2-1-3-9-5/h1-3,10H,4H2. The molecule has 0 aliphatic rings. The van der Waals surface area contributed by atoms with Crippen LogP contribution >= 0.6 is 11.6 Å². The lowest BCUT2D eigenvalue weighted by Gasteiger charge is -1.97. The monoisotopic (exact) mass is 171 g/mol. The first-order chi connectivity index (χ1) is 5.20. The fourth-order valence-electron chi connectivity index (χ4n) is 0.697. The van der Waals surface area contributed by atoms with E-state index in [2.05, 4.69) is 4.98 Å². The third-order valence-electron chi connectivity index (χ3n) is 1.17. The van der Waals surface area contributed by atoms with Crippen molar-refractivity contribution in [2.24, 2.45) is 0 Å². The molecule has 0 unspecified atom stereocenters. The molecule has 0 radical (unpaired) electrons. The van der Waals surface area contributed by atoms with Crippen LogP contribution < -0.4 is 0 Å². The van der Waals surface area contributed by atoms with Crippen molar-refractivity contribution in [3.8, 4) is 5.75 Å². The minimum atomic E-state index is -0.529. The minimum Gasteiger partial charge on any atom is -0.506 e. The largest absolute Gasteiger partial charge is 0.506 e. The van der Waals surface area contributed by atoms with E-state index in [0.29, 0.717) is 5.69 Å². The van der Waals surface area contributed by atoms with E-state index in [1.165, 1.54) is 12.3 Å². The topological polar surface area (TPSA) is 50.2 Å². The molecule has 4 heteroatoms. The van der Waals surface area contributed by atoms with Crippen molar-refractivity contribution in [1.29, 1.82) is 0 Å². The summed E-state index contributed by atoms with van der Waals surface area (Å²) < 4.78 is 0. The van der Waals surface area contributed by atoms with Crippen molar-refractivity contribution < 1.29 is 9.90 Å². The summed E-state index contributed by atoms with van der Waals surface area (Å²) in [5, 5.41) is 8.56. The van der Waals surface area contributed by atoms with Crippen molar-refractivity contribution in [1.82, 2.24) is 4.98 Å². The summed E-state index contributed by atoms with van der Waals surface area (Å²) in [5.41, 5.74) is 0.313. The Morgan fingerprint density at radius 1 is 1.73 bits per heavy atom. The maximum absolute atomic E-state index is 10.4. The van der Waals surface area contributed by atoms with E-state index in [4.69, 9.17) is 16.7 Å². The molecule has 0 bridgehead atoms. The van der Waals surface area contributed by atoms with Crippen LogP contribution in [0.1, 0.15) is 5.69 Å². The summed E-state index contributed by atoms with van der Waals surface area (Å²) in [4.78, 5) is 14.1. The summed E-state index contributed by atoms with van der Waals surface area (Å²) in [6, 6.07) is 3.04. The van der Waals surface area contributed by atoms with Crippen molar-refractivity contribution in [3.05, 3.63) is 24.0 Å². The first kappa shape index (κ1) is 8.01. The van der Waals surface area contributed by atoms with Gasteiger partial charge in [-0.3, -0.25) is 9.78 Å². The van der Waals surface area contributed by atoms with Crippen LogP contribution in [0.5, 0.6) is 5.75 Å². The van der Waals surface area contributed by atoms with Crippen LogP contribution in [-0.4, -0.2) is 15.3 Å². The Kier molecular flexibility index (Phi) is 2.44. The molecule has 1 N–H and O–H groups in total. The number of carbonyl (C=O) groups excluding carboxylic acids is 1. The number of aromatic hydroxyl groups is 1. The molecule has 0 aliphatic carbocycles. The summed E-state index contributed by atoms with van der Waals surface area (Å²) >= 11 is 5.09. The Morgan fingerprint density at radius 2 is 2.45 bits per heavy atom. The first-order valence-corrected chi connectivity index (χ1v) is 3.39. The zero-order chi connectivity index (χ0) is 8.27. The average Bonchev–Trinajstić information content (AvgIpc) is 1.93. The Morgan fingerprint density at radius 3 is 3.00 bits per heavy atom. The Balaban J connectivity index is 2.86. The molecule has 1 heterocycles. The van der Waals surface area contributed by atoms with E-state index in [0.717, 1.165) is 0 Å². The Hall–Kier alpha value is -1.09. The molecule has 0 aliphatic heterocycles.